The molecule has 18 heavy (non-hydrogen) atoms. The largest absolute Gasteiger partial charge is 0.294 e. The van der Waals surface area contributed by atoms with Crippen molar-refractivity contribution in [2.45, 2.75) is 6.42 Å². The van der Waals surface area contributed by atoms with Gasteiger partial charge in [-0.15, -0.1) is 0 Å². The predicted octanol–water partition coefficient (Wildman–Crippen LogP) is 4.06. The van der Waals surface area contributed by atoms with Gasteiger partial charge in [0.2, 0.25) is 0 Å². The Hall–Kier alpha value is -1.26. The normalized spacial score (nSPS) is 10.4. The Morgan fingerprint density at radius 3 is 2.78 bits per heavy atom. The van der Waals surface area contributed by atoms with Gasteiger partial charge < -0.3 is 0 Å². The molecule has 0 amide bonds. The standard InChI is InChI=1S/C13H8BrClFNO/c14-13-8(2-1-3-10(13)16)6-11(18)9-4-5-12(15)17-7-9/h1-5,7H,6H2. The molecule has 0 saturated carbocycles. The number of aromatic nitrogens is 1. The van der Waals surface area contributed by atoms with Gasteiger partial charge >= 0.3 is 0 Å². The first-order valence-corrected chi connectivity index (χ1v) is 6.32. The van der Waals surface area contributed by atoms with Gasteiger partial charge in [0.05, 0.1) is 4.47 Å². The minimum absolute atomic E-state index is 0.113. The van der Waals surface area contributed by atoms with Crippen LogP contribution in [-0.4, -0.2) is 10.8 Å². The Balaban J connectivity index is 2.21. The fourth-order valence-electron chi connectivity index (χ4n) is 1.50. The number of ketones is 1. The van der Waals surface area contributed by atoms with Crippen molar-refractivity contribution in [3.8, 4) is 0 Å². The molecule has 1 heterocycles. The summed E-state index contributed by atoms with van der Waals surface area (Å²) in [6, 6.07) is 7.76. The molecule has 1 aromatic carbocycles. The average molecular weight is 329 g/mol. The highest BCUT2D eigenvalue weighted by atomic mass is 79.9. The molecule has 92 valence electrons. The van der Waals surface area contributed by atoms with Crippen molar-refractivity contribution >= 4 is 33.3 Å². The van der Waals surface area contributed by atoms with E-state index in [4.69, 9.17) is 11.6 Å². The number of benzene rings is 1. The minimum Gasteiger partial charge on any atom is -0.294 e. The maximum absolute atomic E-state index is 13.3. The maximum Gasteiger partial charge on any atom is 0.168 e. The van der Waals surface area contributed by atoms with Gasteiger partial charge in [0, 0.05) is 18.2 Å². The summed E-state index contributed by atoms with van der Waals surface area (Å²) in [6.45, 7) is 0. The molecule has 0 aliphatic rings. The van der Waals surface area contributed by atoms with Gasteiger partial charge in [0.1, 0.15) is 11.0 Å². The van der Waals surface area contributed by atoms with Crippen LogP contribution in [0.4, 0.5) is 4.39 Å². The molecule has 0 spiro atoms. The lowest BCUT2D eigenvalue weighted by Crippen LogP contribution is -2.05. The van der Waals surface area contributed by atoms with Crippen molar-refractivity contribution in [2.24, 2.45) is 0 Å². The van der Waals surface area contributed by atoms with E-state index in [1.54, 1.807) is 24.3 Å². The fraction of sp³-hybridized carbons (Fsp3) is 0.0769. The Kier molecular flexibility index (Phi) is 4.09. The molecule has 1 aromatic heterocycles. The van der Waals surface area contributed by atoms with Crippen LogP contribution in [0.3, 0.4) is 0 Å². The first-order valence-electron chi connectivity index (χ1n) is 5.15. The number of Topliss-reactive ketones (excluding diaryl/α,β-unsaturated/α-hetero) is 1. The van der Waals surface area contributed by atoms with Gasteiger partial charge in [-0.2, -0.15) is 0 Å². The number of carbonyl (C=O) groups is 1. The molecular weight excluding hydrogens is 321 g/mol. The molecule has 0 saturated heterocycles. The summed E-state index contributed by atoms with van der Waals surface area (Å²) in [5, 5.41) is 0.332. The second-order valence-electron chi connectivity index (χ2n) is 3.68. The van der Waals surface area contributed by atoms with Crippen molar-refractivity contribution in [1.29, 1.82) is 0 Å². The summed E-state index contributed by atoms with van der Waals surface area (Å²) in [5.74, 6) is -0.514. The molecule has 0 aliphatic heterocycles. The summed E-state index contributed by atoms with van der Waals surface area (Å²) in [4.78, 5) is 15.8. The molecule has 2 nitrogen and oxygen atoms in total. The summed E-state index contributed by atoms with van der Waals surface area (Å²) in [5.41, 5.74) is 1.06. The third kappa shape index (κ3) is 2.94. The van der Waals surface area contributed by atoms with Crippen LogP contribution in [0.2, 0.25) is 5.15 Å². The molecule has 0 bridgehead atoms. The molecule has 2 aromatic rings. The van der Waals surface area contributed by atoms with E-state index in [0.29, 0.717) is 20.8 Å². The monoisotopic (exact) mass is 327 g/mol. The van der Waals surface area contributed by atoms with E-state index in [2.05, 4.69) is 20.9 Å². The second kappa shape index (κ2) is 5.59. The highest BCUT2D eigenvalue weighted by Gasteiger charge is 2.11. The number of pyridine rings is 1. The van der Waals surface area contributed by atoms with Gasteiger partial charge in [0.15, 0.2) is 5.78 Å². The highest BCUT2D eigenvalue weighted by Crippen LogP contribution is 2.22. The van der Waals surface area contributed by atoms with Crippen LogP contribution < -0.4 is 0 Å². The number of carbonyl (C=O) groups excluding carboxylic acids is 1. The summed E-state index contributed by atoms with van der Waals surface area (Å²) in [7, 11) is 0. The Labute approximate surface area is 117 Å². The topological polar surface area (TPSA) is 30.0 Å². The van der Waals surface area contributed by atoms with E-state index >= 15 is 0 Å². The van der Waals surface area contributed by atoms with E-state index < -0.39 is 0 Å². The average Bonchev–Trinajstić information content (AvgIpc) is 2.36. The third-order valence-electron chi connectivity index (χ3n) is 2.43. The van der Waals surface area contributed by atoms with Crippen molar-refractivity contribution in [1.82, 2.24) is 4.98 Å². The Bertz CT molecular complexity index is 586. The van der Waals surface area contributed by atoms with E-state index in [1.807, 2.05) is 0 Å². The number of hydrogen-bond donors (Lipinski definition) is 0. The van der Waals surface area contributed by atoms with Crippen LogP contribution in [0, 0.1) is 5.82 Å². The molecule has 0 fully saturated rings. The summed E-state index contributed by atoms with van der Waals surface area (Å²) in [6.07, 6.45) is 1.53. The molecular formula is C13H8BrClFNO. The fourth-order valence-corrected chi connectivity index (χ4v) is 2.02. The Morgan fingerprint density at radius 2 is 2.11 bits per heavy atom. The molecule has 0 N–H and O–H groups in total. The predicted molar refractivity (Wildman–Crippen MR) is 71.4 cm³/mol. The zero-order chi connectivity index (χ0) is 13.1. The molecule has 0 unspecified atom stereocenters. The van der Waals surface area contributed by atoms with Crippen LogP contribution >= 0.6 is 27.5 Å². The maximum atomic E-state index is 13.3. The Morgan fingerprint density at radius 1 is 1.33 bits per heavy atom. The van der Waals surface area contributed by atoms with Crippen LogP contribution in [0.5, 0.6) is 0 Å². The van der Waals surface area contributed by atoms with Crippen molar-refractivity contribution < 1.29 is 9.18 Å². The van der Waals surface area contributed by atoms with Crippen molar-refractivity contribution in [3.63, 3.8) is 0 Å². The SMILES string of the molecule is O=C(Cc1cccc(F)c1Br)c1ccc(Cl)nc1. The molecule has 0 atom stereocenters. The first-order chi connectivity index (χ1) is 8.58. The van der Waals surface area contributed by atoms with Gasteiger partial charge in [0.25, 0.3) is 0 Å². The van der Waals surface area contributed by atoms with E-state index in [9.17, 15) is 9.18 Å². The number of rotatable bonds is 3. The van der Waals surface area contributed by atoms with E-state index in [0.717, 1.165) is 0 Å². The van der Waals surface area contributed by atoms with Crippen molar-refractivity contribution in [2.75, 3.05) is 0 Å². The zero-order valence-corrected chi connectivity index (χ0v) is 11.5. The number of nitrogens with zero attached hydrogens (tertiary/aromatic N) is 1. The quantitative estimate of drug-likeness (QED) is 0.628. The lowest BCUT2D eigenvalue weighted by Gasteiger charge is -2.04. The third-order valence-corrected chi connectivity index (χ3v) is 3.54. The van der Waals surface area contributed by atoms with Crippen LogP contribution in [0.25, 0.3) is 0 Å². The summed E-state index contributed by atoms with van der Waals surface area (Å²) >= 11 is 8.77. The first kappa shape index (κ1) is 13.2. The smallest absolute Gasteiger partial charge is 0.168 e. The molecule has 0 radical (unpaired) electrons. The summed E-state index contributed by atoms with van der Waals surface area (Å²) < 4.78 is 13.6. The van der Waals surface area contributed by atoms with E-state index in [1.165, 1.54) is 12.3 Å². The molecule has 0 aliphatic carbocycles. The molecule has 5 heteroatoms. The highest BCUT2D eigenvalue weighted by molar-refractivity contribution is 9.10. The number of hydrogen-bond acceptors (Lipinski definition) is 2. The van der Waals surface area contributed by atoms with Crippen molar-refractivity contribution in [3.05, 3.63) is 63.1 Å². The minimum atomic E-state index is -0.380. The zero-order valence-electron chi connectivity index (χ0n) is 9.16. The second-order valence-corrected chi connectivity index (χ2v) is 4.86. The van der Waals surface area contributed by atoms with Gasteiger partial charge in [-0.25, -0.2) is 9.37 Å². The molecule has 2 rings (SSSR count). The van der Waals surface area contributed by atoms with Crippen LogP contribution in [-0.2, 0) is 6.42 Å². The lowest BCUT2D eigenvalue weighted by atomic mass is 10.0. The van der Waals surface area contributed by atoms with Gasteiger partial charge in [-0.3, -0.25) is 4.79 Å². The lowest BCUT2D eigenvalue weighted by molar-refractivity contribution is 0.0992. The number of halogens is 3. The van der Waals surface area contributed by atoms with Crippen LogP contribution in [0.1, 0.15) is 15.9 Å². The van der Waals surface area contributed by atoms with Gasteiger partial charge in [-0.1, -0.05) is 23.7 Å². The van der Waals surface area contributed by atoms with Gasteiger partial charge in [-0.05, 0) is 39.7 Å². The van der Waals surface area contributed by atoms with Crippen LogP contribution in [0.15, 0.2) is 41.0 Å². The van der Waals surface area contributed by atoms with E-state index in [-0.39, 0.29) is 18.0 Å².